The van der Waals surface area contributed by atoms with Crippen molar-refractivity contribution >= 4 is 29.2 Å². The summed E-state index contributed by atoms with van der Waals surface area (Å²) in [5.41, 5.74) is 1.17. The van der Waals surface area contributed by atoms with E-state index >= 15 is 0 Å². The molecule has 0 bridgehead atoms. The number of hydrogen-bond acceptors (Lipinski definition) is 4. The predicted octanol–water partition coefficient (Wildman–Crippen LogP) is 3.07. The molecule has 0 heterocycles. The highest BCUT2D eigenvalue weighted by Crippen LogP contribution is 2.22. The van der Waals surface area contributed by atoms with Gasteiger partial charge in [0.25, 0.3) is 5.91 Å². The van der Waals surface area contributed by atoms with E-state index in [1.165, 1.54) is 7.11 Å². The summed E-state index contributed by atoms with van der Waals surface area (Å²) in [7, 11) is 1.51. The number of methoxy groups -OCH3 is 1. The smallest absolute Gasteiger partial charge is 0.310 e. The van der Waals surface area contributed by atoms with Crippen molar-refractivity contribution in [2.24, 2.45) is 0 Å². The number of hydrogen-bond donors (Lipinski definition) is 1. The lowest BCUT2D eigenvalue weighted by molar-refractivity contribution is -0.146. The van der Waals surface area contributed by atoms with Crippen LogP contribution in [0.1, 0.15) is 5.56 Å². The van der Waals surface area contributed by atoms with Crippen molar-refractivity contribution < 1.29 is 19.1 Å². The molecule has 0 aliphatic carbocycles. The first-order chi connectivity index (χ1) is 11.1. The lowest BCUT2D eigenvalue weighted by Crippen LogP contribution is -2.22. The molecule has 0 aliphatic rings. The molecule has 23 heavy (non-hydrogen) atoms. The fraction of sp³-hybridized carbons (Fsp3) is 0.176. The molecule has 1 amide bonds. The number of para-hydroxylation sites is 2. The zero-order valence-corrected chi connectivity index (χ0v) is 13.3. The Morgan fingerprint density at radius 2 is 1.78 bits per heavy atom. The van der Waals surface area contributed by atoms with Crippen LogP contribution in [0.25, 0.3) is 0 Å². The maximum atomic E-state index is 11.8. The maximum Gasteiger partial charge on any atom is 0.310 e. The first kappa shape index (κ1) is 16.8. The van der Waals surface area contributed by atoms with Gasteiger partial charge in [0, 0.05) is 5.02 Å². The summed E-state index contributed by atoms with van der Waals surface area (Å²) >= 11 is 5.97. The highest BCUT2D eigenvalue weighted by Gasteiger charge is 2.12. The van der Waals surface area contributed by atoms with E-state index in [9.17, 15) is 9.59 Å². The molecule has 2 aromatic carbocycles. The lowest BCUT2D eigenvalue weighted by Gasteiger charge is -2.10. The van der Waals surface area contributed by atoms with Crippen LogP contribution in [0.15, 0.2) is 48.5 Å². The monoisotopic (exact) mass is 333 g/mol. The Kier molecular flexibility index (Phi) is 6.00. The molecule has 0 aliphatic heterocycles. The van der Waals surface area contributed by atoms with E-state index in [1.54, 1.807) is 48.5 Å². The van der Waals surface area contributed by atoms with Gasteiger partial charge in [0.15, 0.2) is 6.61 Å². The maximum absolute atomic E-state index is 11.8. The van der Waals surface area contributed by atoms with Crippen molar-refractivity contribution in [1.29, 1.82) is 0 Å². The molecule has 1 N–H and O–H groups in total. The Balaban J connectivity index is 1.84. The molecule has 5 nitrogen and oxygen atoms in total. The Morgan fingerprint density at radius 1 is 1.09 bits per heavy atom. The van der Waals surface area contributed by atoms with Gasteiger partial charge in [0.05, 0.1) is 19.2 Å². The number of benzene rings is 2. The van der Waals surface area contributed by atoms with Crippen molar-refractivity contribution in [2.45, 2.75) is 6.42 Å². The van der Waals surface area contributed by atoms with Gasteiger partial charge in [0.1, 0.15) is 5.75 Å². The number of halogens is 1. The lowest BCUT2D eigenvalue weighted by atomic mass is 10.1. The van der Waals surface area contributed by atoms with Crippen molar-refractivity contribution in [2.75, 3.05) is 19.0 Å². The number of esters is 1. The Bertz CT molecular complexity index is 702. The molecule has 0 atom stereocenters. The Labute approximate surface area is 139 Å². The zero-order chi connectivity index (χ0) is 16.7. The Hall–Kier alpha value is -2.53. The molecule has 0 spiro atoms. The normalized spacial score (nSPS) is 10.0. The van der Waals surface area contributed by atoms with Crippen LogP contribution in [0.5, 0.6) is 5.75 Å². The van der Waals surface area contributed by atoms with Crippen LogP contribution >= 0.6 is 11.6 Å². The third-order valence-corrected chi connectivity index (χ3v) is 3.41. The van der Waals surface area contributed by atoms with Crippen LogP contribution in [0.2, 0.25) is 5.02 Å². The summed E-state index contributed by atoms with van der Waals surface area (Å²) in [6.07, 6.45) is 0.0155. The molecule has 120 valence electrons. The number of carbonyl (C=O) groups excluding carboxylic acids is 2. The number of nitrogens with one attached hydrogen (secondary N) is 1. The molecule has 0 unspecified atom stereocenters. The van der Waals surface area contributed by atoms with Crippen molar-refractivity contribution in [3.63, 3.8) is 0 Å². The predicted molar refractivity (Wildman–Crippen MR) is 87.7 cm³/mol. The highest BCUT2D eigenvalue weighted by atomic mass is 35.5. The van der Waals surface area contributed by atoms with Gasteiger partial charge in [-0.1, -0.05) is 41.9 Å². The average Bonchev–Trinajstić information content (AvgIpc) is 2.55. The van der Waals surface area contributed by atoms with Gasteiger partial charge in [-0.15, -0.1) is 0 Å². The van der Waals surface area contributed by atoms with Gasteiger partial charge in [-0.3, -0.25) is 9.59 Å². The molecule has 0 saturated heterocycles. The largest absolute Gasteiger partial charge is 0.495 e. The van der Waals surface area contributed by atoms with E-state index in [0.717, 1.165) is 0 Å². The highest BCUT2D eigenvalue weighted by molar-refractivity contribution is 6.31. The third kappa shape index (κ3) is 5.00. The molecule has 0 fully saturated rings. The summed E-state index contributed by atoms with van der Waals surface area (Å²) in [6, 6.07) is 14.0. The van der Waals surface area contributed by atoms with Crippen LogP contribution < -0.4 is 10.1 Å². The minimum atomic E-state index is -0.520. The van der Waals surface area contributed by atoms with E-state index in [0.29, 0.717) is 22.0 Å². The number of rotatable bonds is 6. The van der Waals surface area contributed by atoms with E-state index in [2.05, 4.69) is 5.32 Å². The van der Waals surface area contributed by atoms with E-state index in [1.807, 2.05) is 0 Å². The molecule has 0 aromatic heterocycles. The van der Waals surface area contributed by atoms with E-state index < -0.39 is 11.9 Å². The van der Waals surface area contributed by atoms with Gasteiger partial charge >= 0.3 is 5.97 Å². The number of carbonyl (C=O) groups is 2. The van der Waals surface area contributed by atoms with E-state index in [-0.39, 0.29) is 13.0 Å². The summed E-state index contributed by atoms with van der Waals surface area (Å²) in [6.45, 7) is -0.374. The van der Waals surface area contributed by atoms with Crippen LogP contribution in [0, 0.1) is 0 Å². The quantitative estimate of drug-likeness (QED) is 0.825. The summed E-state index contributed by atoms with van der Waals surface area (Å²) in [5.74, 6) is -0.432. The first-order valence-electron chi connectivity index (χ1n) is 6.92. The number of amides is 1. The molecule has 0 saturated carbocycles. The fourth-order valence-corrected chi connectivity index (χ4v) is 2.13. The summed E-state index contributed by atoms with van der Waals surface area (Å²) in [5, 5.41) is 3.11. The second-order valence-electron chi connectivity index (χ2n) is 4.68. The second kappa shape index (κ2) is 8.19. The standard InChI is InChI=1S/C17H16ClNO4/c1-22-15-9-5-4-8-14(15)19-16(20)11-23-17(21)10-12-6-2-3-7-13(12)18/h2-9H,10-11H2,1H3,(H,19,20). The molecular formula is C17H16ClNO4. The first-order valence-corrected chi connectivity index (χ1v) is 7.30. The van der Waals surface area contributed by atoms with Crippen LogP contribution in [0.3, 0.4) is 0 Å². The fourth-order valence-electron chi connectivity index (χ4n) is 1.93. The third-order valence-electron chi connectivity index (χ3n) is 3.04. The minimum absolute atomic E-state index is 0.0155. The SMILES string of the molecule is COc1ccccc1NC(=O)COC(=O)Cc1ccccc1Cl. The van der Waals surface area contributed by atoms with Crippen LogP contribution in [-0.4, -0.2) is 25.6 Å². The van der Waals surface area contributed by atoms with Gasteiger partial charge in [-0.25, -0.2) is 0 Å². The van der Waals surface area contributed by atoms with Crippen molar-refractivity contribution in [3.05, 3.63) is 59.1 Å². The number of anilines is 1. The molecule has 0 radical (unpaired) electrons. The van der Waals surface area contributed by atoms with Crippen molar-refractivity contribution in [3.8, 4) is 5.75 Å². The second-order valence-corrected chi connectivity index (χ2v) is 5.08. The van der Waals surface area contributed by atoms with Gasteiger partial charge in [-0.05, 0) is 23.8 Å². The van der Waals surface area contributed by atoms with Gasteiger partial charge in [-0.2, -0.15) is 0 Å². The summed E-state index contributed by atoms with van der Waals surface area (Å²) < 4.78 is 10.1. The average molecular weight is 334 g/mol. The number of ether oxygens (including phenoxy) is 2. The van der Waals surface area contributed by atoms with Crippen LogP contribution in [-0.2, 0) is 20.7 Å². The molecule has 2 aromatic rings. The molecular weight excluding hydrogens is 318 g/mol. The Morgan fingerprint density at radius 3 is 2.52 bits per heavy atom. The van der Waals surface area contributed by atoms with E-state index in [4.69, 9.17) is 21.1 Å². The van der Waals surface area contributed by atoms with Gasteiger partial charge in [0.2, 0.25) is 0 Å². The van der Waals surface area contributed by atoms with Crippen molar-refractivity contribution in [1.82, 2.24) is 0 Å². The van der Waals surface area contributed by atoms with Gasteiger partial charge < -0.3 is 14.8 Å². The summed E-state index contributed by atoms with van der Waals surface area (Å²) in [4.78, 5) is 23.6. The molecule has 2 rings (SSSR count). The zero-order valence-electron chi connectivity index (χ0n) is 12.5. The minimum Gasteiger partial charge on any atom is -0.495 e. The topological polar surface area (TPSA) is 64.6 Å². The molecule has 6 heteroatoms. The van der Waals surface area contributed by atoms with Crippen LogP contribution in [0.4, 0.5) is 5.69 Å².